The molecule has 4 aromatic rings. The van der Waals surface area contributed by atoms with Crippen LogP contribution < -0.4 is 23.7 Å². The molecule has 0 fully saturated rings. The Morgan fingerprint density at radius 2 is 1.65 bits per heavy atom. The van der Waals surface area contributed by atoms with Crippen LogP contribution in [-0.4, -0.2) is 35.3 Å². The quantitative estimate of drug-likeness (QED) is 0.433. The largest absolute Gasteiger partial charge is 0.479 e. The average molecular weight is 435 g/mol. The Balaban J connectivity index is 1.30. The van der Waals surface area contributed by atoms with Crippen LogP contribution in [-0.2, 0) is 5.75 Å². The normalized spacial score (nSPS) is 13.7. The van der Waals surface area contributed by atoms with Crippen molar-refractivity contribution in [2.45, 2.75) is 10.8 Å². The van der Waals surface area contributed by atoms with E-state index in [-0.39, 0.29) is 13.6 Å². The number of hydrogen-bond donors (Lipinski definition) is 0. The third-order valence-corrected chi connectivity index (χ3v) is 6.07. The minimum Gasteiger partial charge on any atom is -0.479 e. The fraction of sp³-hybridized carbons (Fsp3) is 0.182. The molecular weight excluding hydrogens is 418 g/mol. The molecule has 6 rings (SSSR count). The molecule has 0 unspecified atom stereocenters. The maximum Gasteiger partial charge on any atom is 0.243 e. The fourth-order valence-corrected chi connectivity index (χ4v) is 4.37. The zero-order chi connectivity index (χ0) is 20.8. The number of ether oxygens (including phenoxy) is 5. The number of hydrogen-bond acceptors (Lipinski definition) is 8. The highest BCUT2D eigenvalue weighted by Gasteiger charge is 2.20. The van der Waals surface area contributed by atoms with E-state index in [1.54, 1.807) is 23.4 Å². The van der Waals surface area contributed by atoms with Crippen LogP contribution >= 0.6 is 11.8 Å². The van der Waals surface area contributed by atoms with Crippen molar-refractivity contribution in [2.24, 2.45) is 0 Å². The lowest BCUT2D eigenvalue weighted by atomic mass is 10.1. The lowest BCUT2D eigenvalue weighted by Gasteiger charge is -2.06. The van der Waals surface area contributed by atoms with E-state index >= 15 is 0 Å². The number of imidazole rings is 1. The lowest BCUT2D eigenvalue weighted by molar-refractivity contribution is 0.173. The van der Waals surface area contributed by atoms with Crippen molar-refractivity contribution >= 4 is 17.4 Å². The van der Waals surface area contributed by atoms with E-state index in [0.29, 0.717) is 23.0 Å². The molecule has 0 bridgehead atoms. The minimum atomic E-state index is 0.229. The van der Waals surface area contributed by atoms with Crippen molar-refractivity contribution in [1.29, 1.82) is 0 Å². The van der Waals surface area contributed by atoms with Crippen molar-refractivity contribution in [3.8, 4) is 40.1 Å². The molecule has 8 nitrogen and oxygen atoms in total. The van der Waals surface area contributed by atoms with Crippen LogP contribution in [0, 0.1) is 0 Å². The second-order valence-corrected chi connectivity index (χ2v) is 7.95. The van der Waals surface area contributed by atoms with Crippen LogP contribution in [0.25, 0.3) is 16.9 Å². The number of fused-ring (bicyclic) bond motifs is 3. The van der Waals surface area contributed by atoms with Gasteiger partial charge < -0.3 is 23.7 Å². The van der Waals surface area contributed by atoms with Gasteiger partial charge in [-0.15, -0.1) is 0 Å². The first-order chi connectivity index (χ1) is 15.3. The number of nitrogens with zero attached hydrogens (tertiary/aromatic N) is 3. The molecule has 2 aliphatic rings. The fourth-order valence-electron chi connectivity index (χ4n) is 3.58. The molecular formula is C22H17N3O5S. The van der Waals surface area contributed by atoms with E-state index in [1.807, 2.05) is 48.5 Å². The van der Waals surface area contributed by atoms with Crippen LogP contribution in [0.5, 0.6) is 28.9 Å². The predicted molar refractivity (Wildman–Crippen MR) is 113 cm³/mol. The zero-order valence-corrected chi connectivity index (χ0v) is 17.3. The standard InChI is InChI=1S/C22H17N3O5S/c1-26-22-21(14-3-5-16-18(9-14)30-12-28-16)23-19-6-7-20(24-25(19)22)31-10-13-2-4-15-17(8-13)29-11-27-15/h2-9H,10-12H2,1H3. The summed E-state index contributed by atoms with van der Waals surface area (Å²) in [7, 11) is 1.62. The summed E-state index contributed by atoms with van der Waals surface area (Å²) in [5.41, 5.74) is 3.42. The van der Waals surface area contributed by atoms with Gasteiger partial charge in [-0.3, -0.25) is 0 Å². The second-order valence-electron chi connectivity index (χ2n) is 6.96. The number of aromatic nitrogens is 3. The summed E-state index contributed by atoms with van der Waals surface area (Å²) >= 11 is 1.63. The van der Waals surface area contributed by atoms with Gasteiger partial charge in [0.05, 0.1) is 7.11 Å². The van der Waals surface area contributed by atoms with Crippen molar-refractivity contribution in [3.05, 3.63) is 54.1 Å². The molecule has 2 aliphatic heterocycles. The molecule has 0 aliphatic carbocycles. The van der Waals surface area contributed by atoms with Crippen LogP contribution in [0.4, 0.5) is 0 Å². The van der Waals surface area contributed by atoms with Crippen molar-refractivity contribution < 1.29 is 23.7 Å². The monoisotopic (exact) mass is 435 g/mol. The second kappa shape index (κ2) is 7.28. The van der Waals surface area contributed by atoms with Crippen LogP contribution in [0.2, 0.25) is 0 Å². The Kier molecular flexibility index (Phi) is 4.27. The van der Waals surface area contributed by atoms with Crippen LogP contribution in [0.3, 0.4) is 0 Å². The molecule has 0 radical (unpaired) electrons. The van der Waals surface area contributed by atoms with Crippen molar-refractivity contribution in [3.63, 3.8) is 0 Å². The van der Waals surface area contributed by atoms with Crippen molar-refractivity contribution in [1.82, 2.24) is 14.6 Å². The van der Waals surface area contributed by atoms with Gasteiger partial charge in [0.15, 0.2) is 28.6 Å². The van der Waals surface area contributed by atoms with E-state index < -0.39 is 0 Å². The molecule has 31 heavy (non-hydrogen) atoms. The van der Waals surface area contributed by atoms with E-state index in [1.165, 1.54) is 0 Å². The maximum absolute atomic E-state index is 5.67. The van der Waals surface area contributed by atoms with Gasteiger partial charge in [0.2, 0.25) is 19.5 Å². The smallest absolute Gasteiger partial charge is 0.243 e. The Labute approximate surface area is 181 Å². The summed E-state index contributed by atoms with van der Waals surface area (Å²) in [6.07, 6.45) is 0. The molecule has 9 heteroatoms. The maximum atomic E-state index is 5.67. The third-order valence-electron chi connectivity index (χ3n) is 5.07. The van der Waals surface area contributed by atoms with Gasteiger partial charge in [-0.25, -0.2) is 4.98 Å². The van der Waals surface area contributed by atoms with Gasteiger partial charge in [0.1, 0.15) is 10.7 Å². The van der Waals surface area contributed by atoms with E-state index in [4.69, 9.17) is 33.8 Å². The van der Waals surface area contributed by atoms with E-state index in [0.717, 1.165) is 39.2 Å². The van der Waals surface area contributed by atoms with Gasteiger partial charge in [-0.05, 0) is 48.0 Å². The highest BCUT2D eigenvalue weighted by molar-refractivity contribution is 7.98. The summed E-state index contributed by atoms with van der Waals surface area (Å²) in [4.78, 5) is 4.72. The summed E-state index contributed by atoms with van der Waals surface area (Å²) in [5.74, 6) is 4.32. The SMILES string of the molecule is COc1c(-c2ccc3c(c2)OCO3)nc2ccc(SCc3ccc4c(c3)OCO4)nn12. The topological polar surface area (TPSA) is 76.3 Å². The molecule has 0 atom stereocenters. The molecule has 156 valence electrons. The summed E-state index contributed by atoms with van der Waals surface area (Å²) in [5, 5.41) is 5.59. The Morgan fingerprint density at radius 3 is 2.45 bits per heavy atom. The number of rotatable bonds is 5. The zero-order valence-electron chi connectivity index (χ0n) is 16.5. The van der Waals surface area contributed by atoms with Gasteiger partial charge in [0, 0.05) is 11.3 Å². The van der Waals surface area contributed by atoms with Gasteiger partial charge in [0.25, 0.3) is 0 Å². The van der Waals surface area contributed by atoms with Gasteiger partial charge >= 0.3 is 0 Å². The molecule has 0 saturated carbocycles. The highest BCUT2D eigenvalue weighted by atomic mass is 32.2. The first-order valence-electron chi connectivity index (χ1n) is 9.63. The van der Waals surface area contributed by atoms with Crippen molar-refractivity contribution in [2.75, 3.05) is 20.7 Å². The predicted octanol–water partition coefficient (Wildman–Crippen LogP) is 4.15. The average Bonchev–Trinajstić information content (AvgIpc) is 3.54. The molecule has 0 N–H and O–H groups in total. The summed E-state index contributed by atoms with van der Waals surface area (Å²) < 4.78 is 29.1. The van der Waals surface area contributed by atoms with Crippen LogP contribution in [0.1, 0.15) is 5.56 Å². The number of methoxy groups -OCH3 is 1. The van der Waals surface area contributed by atoms with Gasteiger partial charge in [-0.1, -0.05) is 17.8 Å². The van der Waals surface area contributed by atoms with E-state index in [2.05, 4.69) is 0 Å². The number of benzene rings is 2. The molecule has 0 spiro atoms. The molecule has 2 aromatic heterocycles. The molecule has 0 amide bonds. The molecule has 2 aromatic carbocycles. The summed E-state index contributed by atoms with van der Waals surface area (Å²) in [6.45, 7) is 0.503. The minimum absolute atomic E-state index is 0.229. The highest BCUT2D eigenvalue weighted by Crippen LogP contribution is 2.39. The van der Waals surface area contributed by atoms with Crippen LogP contribution in [0.15, 0.2) is 53.6 Å². The van der Waals surface area contributed by atoms with E-state index in [9.17, 15) is 0 Å². The molecule has 4 heterocycles. The van der Waals surface area contributed by atoms with Gasteiger partial charge in [-0.2, -0.15) is 9.61 Å². The third kappa shape index (κ3) is 3.17. The summed E-state index contributed by atoms with van der Waals surface area (Å²) in [6, 6.07) is 15.6. The Bertz CT molecular complexity index is 1310. The first-order valence-corrected chi connectivity index (χ1v) is 10.6. The number of thioether (sulfide) groups is 1. The lowest BCUT2D eigenvalue weighted by Crippen LogP contribution is -1.97. The first kappa shape index (κ1) is 18.2. The molecule has 0 saturated heterocycles. The Morgan fingerprint density at radius 1 is 0.903 bits per heavy atom. The Hall–Kier alpha value is -3.59.